The van der Waals surface area contributed by atoms with Crippen molar-refractivity contribution in [3.8, 4) is 0 Å². The van der Waals surface area contributed by atoms with Gasteiger partial charge >= 0.3 is 0 Å². The Labute approximate surface area is 59.3 Å². The van der Waals surface area contributed by atoms with Crippen LogP contribution in [-0.2, 0) is 9.53 Å². The van der Waals surface area contributed by atoms with E-state index < -0.39 is 5.97 Å². The Bertz CT molecular complexity index is 152. The number of carboxylic acid groups (broad SMARTS) is 1. The minimum Gasteiger partial charge on any atom is -0.545 e. The summed E-state index contributed by atoms with van der Waals surface area (Å²) in [6, 6.07) is 0. The van der Waals surface area contributed by atoms with E-state index in [1.807, 2.05) is 0 Å². The molecule has 3 heteroatoms. The van der Waals surface area contributed by atoms with Crippen molar-refractivity contribution >= 4 is 5.97 Å². The summed E-state index contributed by atoms with van der Waals surface area (Å²) in [6.45, 7) is 1.28. The van der Waals surface area contributed by atoms with Crippen molar-refractivity contribution in [3.63, 3.8) is 0 Å². The fraction of sp³-hybridized carbons (Fsp3) is 0.571. The molecule has 0 saturated carbocycles. The van der Waals surface area contributed by atoms with E-state index in [-0.39, 0.29) is 0 Å². The molecule has 3 nitrogen and oxygen atoms in total. The maximum Gasteiger partial charge on any atom is 0.0642 e. The van der Waals surface area contributed by atoms with Crippen LogP contribution in [0.5, 0.6) is 0 Å². The largest absolute Gasteiger partial charge is 0.545 e. The predicted octanol–water partition coefficient (Wildman–Crippen LogP) is -0.527. The standard InChI is InChI=1S/C7H10O3/c8-7(9)5-6-1-3-10-4-2-6/h5H,1-4H2,(H,8,9)/p-1. The quantitative estimate of drug-likeness (QED) is 0.461. The number of hydrogen-bond acceptors (Lipinski definition) is 3. The molecule has 0 aliphatic carbocycles. The highest BCUT2D eigenvalue weighted by molar-refractivity contribution is 5.78. The van der Waals surface area contributed by atoms with Crippen molar-refractivity contribution in [2.24, 2.45) is 0 Å². The maximum absolute atomic E-state index is 10.0. The molecule has 0 N–H and O–H groups in total. The lowest BCUT2D eigenvalue weighted by Crippen LogP contribution is -2.20. The van der Waals surface area contributed by atoms with Crippen LogP contribution in [-0.4, -0.2) is 19.2 Å². The SMILES string of the molecule is O=C([O-])C=C1CCOCC1. The van der Waals surface area contributed by atoms with E-state index in [1.54, 1.807) is 0 Å². The molecule has 1 saturated heterocycles. The van der Waals surface area contributed by atoms with Crippen molar-refractivity contribution in [2.75, 3.05) is 13.2 Å². The van der Waals surface area contributed by atoms with Crippen LogP contribution in [0, 0.1) is 0 Å². The lowest BCUT2D eigenvalue weighted by atomic mass is 10.1. The molecule has 0 radical (unpaired) electrons. The molecule has 0 aromatic rings. The second-order valence-corrected chi connectivity index (χ2v) is 2.23. The lowest BCUT2D eigenvalue weighted by molar-refractivity contribution is -0.297. The Hall–Kier alpha value is -0.830. The topological polar surface area (TPSA) is 49.4 Å². The number of hydrogen-bond donors (Lipinski definition) is 0. The second-order valence-electron chi connectivity index (χ2n) is 2.23. The zero-order valence-electron chi connectivity index (χ0n) is 5.63. The highest BCUT2D eigenvalue weighted by atomic mass is 16.5. The van der Waals surface area contributed by atoms with Crippen LogP contribution in [0.25, 0.3) is 0 Å². The fourth-order valence-electron chi connectivity index (χ4n) is 0.945. The fourth-order valence-corrected chi connectivity index (χ4v) is 0.945. The third-order valence-corrected chi connectivity index (χ3v) is 1.46. The molecule has 1 heterocycles. The first kappa shape index (κ1) is 7.28. The highest BCUT2D eigenvalue weighted by Crippen LogP contribution is 2.11. The van der Waals surface area contributed by atoms with Crippen LogP contribution in [0.15, 0.2) is 11.6 Å². The van der Waals surface area contributed by atoms with Crippen LogP contribution in [0.1, 0.15) is 12.8 Å². The Morgan fingerprint density at radius 3 is 2.60 bits per heavy atom. The minimum atomic E-state index is -1.10. The zero-order chi connectivity index (χ0) is 7.40. The van der Waals surface area contributed by atoms with Gasteiger partial charge in [-0.3, -0.25) is 0 Å². The van der Waals surface area contributed by atoms with Crippen molar-refractivity contribution in [2.45, 2.75) is 12.8 Å². The van der Waals surface area contributed by atoms with Gasteiger partial charge < -0.3 is 14.6 Å². The van der Waals surface area contributed by atoms with Gasteiger partial charge in [0.05, 0.1) is 19.2 Å². The Morgan fingerprint density at radius 2 is 2.10 bits per heavy atom. The molecular formula is C7H9O3-. The number of carboxylic acids is 1. The van der Waals surface area contributed by atoms with E-state index in [9.17, 15) is 9.90 Å². The third-order valence-electron chi connectivity index (χ3n) is 1.46. The summed E-state index contributed by atoms with van der Waals surface area (Å²) in [5.74, 6) is -1.10. The molecule has 0 unspecified atom stereocenters. The average Bonchev–Trinajstić information content (AvgIpc) is 1.88. The van der Waals surface area contributed by atoms with Gasteiger partial charge in [-0.15, -0.1) is 0 Å². The summed E-state index contributed by atoms with van der Waals surface area (Å²) in [7, 11) is 0. The van der Waals surface area contributed by atoms with Crippen LogP contribution in [0.3, 0.4) is 0 Å². The van der Waals surface area contributed by atoms with Crippen molar-refractivity contribution in [1.82, 2.24) is 0 Å². The molecular weight excluding hydrogens is 132 g/mol. The molecule has 1 aliphatic heterocycles. The van der Waals surface area contributed by atoms with E-state index in [1.165, 1.54) is 6.08 Å². The molecule has 1 aliphatic rings. The van der Waals surface area contributed by atoms with Gasteiger partial charge in [0.15, 0.2) is 0 Å². The zero-order valence-corrected chi connectivity index (χ0v) is 5.63. The minimum absolute atomic E-state index is 0.638. The number of rotatable bonds is 1. The van der Waals surface area contributed by atoms with Crippen LogP contribution >= 0.6 is 0 Å². The van der Waals surface area contributed by atoms with Gasteiger partial charge in [-0.05, 0) is 18.9 Å². The van der Waals surface area contributed by atoms with Gasteiger partial charge in [0.1, 0.15) is 0 Å². The molecule has 0 spiro atoms. The molecule has 56 valence electrons. The summed E-state index contributed by atoms with van der Waals surface area (Å²) in [4.78, 5) is 10.0. The summed E-state index contributed by atoms with van der Waals surface area (Å²) in [5.41, 5.74) is 0.922. The Balaban J connectivity index is 2.45. The van der Waals surface area contributed by atoms with Gasteiger partial charge in [-0.2, -0.15) is 0 Å². The highest BCUT2D eigenvalue weighted by Gasteiger charge is 2.03. The van der Waals surface area contributed by atoms with Crippen molar-refractivity contribution in [1.29, 1.82) is 0 Å². The molecule has 0 aromatic heterocycles. The van der Waals surface area contributed by atoms with Crippen LogP contribution in [0.4, 0.5) is 0 Å². The second kappa shape index (κ2) is 3.37. The predicted molar refractivity (Wildman–Crippen MR) is 33.1 cm³/mol. The number of carbonyl (C=O) groups excluding carboxylic acids is 1. The molecule has 1 fully saturated rings. The molecule has 0 atom stereocenters. The van der Waals surface area contributed by atoms with E-state index in [2.05, 4.69) is 0 Å². The number of carbonyl (C=O) groups is 1. The average molecular weight is 141 g/mol. The Kier molecular flexibility index (Phi) is 2.45. The van der Waals surface area contributed by atoms with Crippen molar-refractivity contribution in [3.05, 3.63) is 11.6 Å². The monoisotopic (exact) mass is 141 g/mol. The van der Waals surface area contributed by atoms with Gasteiger partial charge in [0, 0.05) is 0 Å². The maximum atomic E-state index is 10.0. The third kappa shape index (κ3) is 2.19. The van der Waals surface area contributed by atoms with Crippen LogP contribution in [0.2, 0.25) is 0 Å². The first-order valence-electron chi connectivity index (χ1n) is 3.27. The molecule has 1 rings (SSSR count). The number of aliphatic carboxylic acids is 1. The van der Waals surface area contributed by atoms with E-state index in [0.717, 1.165) is 18.4 Å². The van der Waals surface area contributed by atoms with Gasteiger partial charge in [0.25, 0.3) is 0 Å². The molecule has 0 bridgehead atoms. The summed E-state index contributed by atoms with van der Waals surface area (Å²) in [5, 5.41) is 10.0. The van der Waals surface area contributed by atoms with E-state index >= 15 is 0 Å². The number of ether oxygens (including phenoxy) is 1. The molecule has 10 heavy (non-hydrogen) atoms. The summed E-state index contributed by atoms with van der Waals surface area (Å²) in [6.07, 6.45) is 2.63. The van der Waals surface area contributed by atoms with Gasteiger partial charge in [-0.25, -0.2) is 0 Å². The van der Waals surface area contributed by atoms with E-state index in [0.29, 0.717) is 13.2 Å². The van der Waals surface area contributed by atoms with E-state index in [4.69, 9.17) is 4.74 Å². The summed E-state index contributed by atoms with van der Waals surface area (Å²) >= 11 is 0. The first-order chi connectivity index (χ1) is 4.79. The lowest BCUT2D eigenvalue weighted by Gasteiger charge is -2.14. The Morgan fingerprint density at radius 1 is 1.50 bits per heavy atom. The van der Waals surface area contributed by atoms with Crippen molar-refractivity contribution < 1.29 is 14.6 Å². The molecule has 0 amide bonds. The normalized spacial score (nSPS) is 18.6. The van der Waals surface area contributed by atoms with Gasteiger partial charge in [-0.1, -0.05) is 5.57 Å². The van der Waals surface area contributed by atoms with Gasteiger partial charge in [0.2, 0.25) is 0 Å². The molecule has 0 aromatic carbocycles. The van der Waals surface area contributed by atoms with Crippen LogP contribution < -0.4 is 5.11 Å². The smallest absolute Gasteiger partial charge is 0.0642 e. The summed E-state index contributed by atoms with van der Waals surface area (Å²) < 4.78 is 5.03. The first-order valence-corrected chi connectivity index (χ1v) is 3.27.